The molecule has 0 aliphatic rings. The minimum Gasteiger partial charge on any atom is -0.369 e. The van der Waals surface area contributed by atoms with Crippen LogP contribution in [0.1, 0.15) is 16.1 Å². The van der Waals surface area contributed by atoms with E-state index in [-0.39, 0.29) is 24.0 Å². The summed E-state index contributed by atoms with van der Waals surface area (Å²) in [4.78, 5) is 39.4. The molecule has 0 bridgehead atoms. The molecule has 0 spiro atoms. The van der Waals surface area contributed by atoms with Gasteiger partial charge in [-0.2, -0.15) is 0 Å². The number of aromatic nitrogens is 5. The van der Waals surface area contributed by atoms with Crippen LogP contribution in [0.2, 0.25) is 0 Å². The van der Waals surface area contributed by atoms with E-state index in [9.17, 15) is 14.4 Å². The van der Waals surface area contributed by atoms with E-state index in [0.29, 0.717) is 27.2 Å². The zero-order chi connectivity index (χ0) is 20.8. The number of hydrogen-bond acceptors (Lipinski definition) is 9. The summed E-state index contributed by atoms with van der Waals surface area (Å²) in [6.45, 7) is 0. The first-order valence-electron chi connectivity index (χ1n) is 8.20. The number of hydrogen-bond donors (Lipinski definition) is 3. The molecule has 1 aromatic carbocycles. The SMILES string of the molecule is Cn1nnnc1SCC(=O)Nc1ccc(C(=O)Nc2nc(CC(N)=O)cs2)cc1. The molecule has 0 atom stereocenters. The third-order valence-corrected chi connectivity index (χ3v) is 5.29. The molecular weight excluding hydrogens is 416 g/mol. The zero-order valence-electron chi connectivity index (χ0n) is 15.2. The summed E-state index contributed by atoms with van der Waals surface area (Å²) in [5, 5.41) is 18.9. The van der Waals surface area contributed by atoms with E-state index in [0.717, 1.165) is 0 Å². The van der Waals surface area contributed by atoms with Crippen molar-refractivity contribution in [3.63, 3.8) is 0 Å². The number of thiazole rings is 1. The number of tetrazole rings is 1. The average Bonchev–Trinajstić information content (AvgIpc) is 3.28. The summed E-state index contributed by atoms with van der Waals surface area (Å²) in [6, 6.07) is 6.43. The summed E-state index contributed by atoms with van der Waals surface area (Å²) in [5.74, 6) is -0.917. The fourth-order valence-electron chi connectivity index (χ4n) is 2.17. The number of anilines is 2. The Balaban J connectivity index is 1.51. The van der Waals surface area contributed by atoms with Gasteiger partial charge < -0.3 is 11.1 Å². The van der Waals surface area contributed by atoms with E-state index >= 15 is 0 Å². The Morgan fingerprint density at radius 1 is 1.21 bits per heavy atom. The fraction of sp³-hybridized carbons (Fsp3) is 0.188. The van der Waals surface area contributed by atoms with Gasteiger partial charge in [0.05, 0.1) is 17.9 Å². The van der Waals surface area contributed by atoms with Gasteiger partial charge in [-0.3, -0.25) is 19.7 Å². The molecule has 3 aromatic rings. The zero-order valence-corrected chi connectivity index (χ0v) is 16.8. The highest BCUT2D eigenvalue weighted by atomic mass is 32.2. The molecule has 4 N–H and O–H groups in total. The van der Waals surface area contributed by atoms with Crippen LogP contribution < -0.4 is 16.4 Å². The normalized spacial score (nSPS) is 10.5. The number of primary amides is 1. The van der Waals surface area contributed by atoms with Crippen LogP contribution in [0.25, 0.3) is 0 Å². The Hall–Kier alpha value is -3.32. The smallest absolute Gasteiger partial charge is 0.257 e. The van der Waals surface area contributed by atoms with E-state index in [1.54, 1.807) is 36.7 Å². The number of benzene rings is 1. The van der Waals surface area contributed by atoms with Crippen molar-refractivity contribution in [2.24, 2.45) is 12.8 Å². The summed E-state index contributed by atoms with van der Waals surface area (Å²) in [6.07, 6.45) is 0.0201. The lowest BCUT2D eigenvalue weighted by Gasteiger charge is -2.06. The number of nitrogens with one attached hydrogen (secondary N) is 2. The van der Waals surface area contributed by atoms with Gasteiger partial charge >= 0.3 is 0 Å². The topological polar surface area (TPSA) is 158 Å². The predicted molar refractivity (Wildman–Crippen MR) is 108 cm³/mol. The lowest BCUT2D eigenvalue weighted by atomic mass is 10.2. The van der Waals surface area contributed by atoms with Gasteiger partial charge in [-0.25, -0.2) is 9.67 Å². The second-order valence-electron chi connectivity index (χ2n) is 5.74. The van der Waals surface area contributed by atoms with E-state index < -0.39 is 5.91 Å². The molecule has 3 amide bonds. The molecule has 0 aliphatic heterocycles. The van der Waals surface area contributed by atoms with Crippen LogP contribution in [0.15, 0.2) is 34.8 Å². The predicted octanol–water partition coefficient (Wildman–Crippen LogP) is 0.677. The maximum atomic E-state index is 12.3. The number of nitrogens with zero attached hydrogens (tertiary/aromatic N) is 5. The van der Waals surface area contributed by atoms with Crippen LogP contribution in [0.5, 0.6) is 0 Å². The maximum Gasteiger partial charge on any atom is 0.257 e. The number of thioether (sulfide) groups is 1. The first-order valence-corrected chi connectivity index (χ1v) is 10.1. The highest BCUT2D eigenvalue weighted by molar-refractivity contribution is 7.99. The standard InChI is InChI=1S/C16H16N8O3S2/c1-24-16(21-22-23-24)29-8-13(26)18-10-4-2-9(3-5-10)14(27)20-15-19-11(7-28-15)6-12(17)25/h2-5,7H,6,8H2,1H3,(H2,17,25)(H,18,26)(H,19,20,27). The maximum absolute atomic E-state index is 12.3. The molecule has 0 radical (unpaired) electrons. The van der Waals surface area contributed by atoms with Gasteiger partial charge in [0.1, 0.15) is 0 Å². The Kier molecular flexibility index (Phi) is 6.51. The van der Waals surface area contributed by atoms with Gasteiger partial charge in [0.15, 0.2) is 5.13 Å². The van der Waals surface area contributed by atoms with Crippen molar-refractivity contribution in [3.05, 3.63) is 40.9 Å². The Labute approximate surface area is 173 Å². The molecule has 11 nitrogen and oxygen atoms in total. The van der Waals surface area contributed by atoms with E-state index in [2.05, 4.69) is 31.1 Å². The molecule has 0 unspecified atom stereocenters. The molecule has 2 aromatic heterocycles. The van der Waals surface area contributed by atoms with Crippen LogP contribution >= 0.6 is 23.1 Å². The Morgan fingerprint density at radius 3 is 2.62 bits per heavy atom. The average molecular weight is 432 g/mol. The van der Waals surface area contributed by atoms with Gasteiger partial charge in [-0.05, 0) is 34.7 Å². The van der Waals surface area contributed by atoms with Crippen molar-refractivity contribution in [3.8, 4) is 0 Å². The van der Waals surface area contributed by atoms with Gasteiger partial charge in [0.25, 0.3) is 5.91 Å². The van der Waals surface area contributed by atoms with Crippen molar-refractivity contribution in [2.45, 2.75) is 11.6 Å². The second-order valence-corrected chi connectivity index (χ2v) is 7.54. The van der Waals surface area contributed by atoms with E-state index in [1.165, 1.54) is 27.8 Å². The molecule has 13 heteroatoms. The highest BCUT2D eigenvalue weighted by Gasteiger charge is 2.12. The first-order chi connectivity index (χ1) is 13.9. The van der Waals surface area contributed by atoms with Crippen molar-refractivity contribution < 1.29 is 14.4 Å². The largest absolute Gasteiger partial charge is 0.369 e. The van der Waals surface area contributed by atoms with E-state index in [1.807, 2.05) is 0 Å². The summed E-state index contributed by atoms with van der Waals surface area (Å²) in [7, 11) is 1.69. The molecular formula is C16H16N8O3S2. The lowest BCUT2D eigenvalue weighted by Crippen LogP contribution is -2.15. The molecule has 29 heavy (non-hydrogen) atoms. The lowest BCUT2D eigenvalue weighted by molar-refractivity contribution is -0.117. The van der Waals surface area contributed by atoms with Crippen molar-refractivity contribution in [2.75, 3.05) is 16.4 Å². The highest BCUT2D eigenvalue weighted by Crippen LogP contribution is 2.18. The summed E-state index contributed by atoms with van der Waals surface area (Å²) >= 11 is 2.42. The minimum absolute atomic E-state index is 0.0201. The van der Waals surface area contributed by atoms with Gasteiger partial charge in [0.2, 0.25) is 17.0 Å². The van der Waals surface area contributed by atoms with Gasteiger partial charge in [0, 0.05) is 23.7 Å². The van der Waals surface area contributed by atoms with Crippen LogP contribution in [0, 0.1) is 0 Å². The minimum atomic E-state index is -0.488. The van der Waals surface area contributed by atoms with Crippen LogP contribution in [0.3, 0.4) is 0 Å². The Morgan fingerprint density at radius 2 is 1.97 bits per heavy atom. The quantitative estimate of drug-likeness (QED) is 0.438. The second kappa shape index (κ2) is 9.25. The Bertz CT molecular complexity index is 1030. The monoisotopic (exact) mass is 432 g/mol. The van der Waals surface area contributed by atoms with Gasteiger partial charge in [-0.15, -0.1) is 16.4 Å². The number of nitrogens with two attached hydrogens (primary N) is 1. The van der Waals surface area contributed by atoms with Gasteiger partial charge in [-0.1, -0.05) is 11.8 Å². The summed E-state index contributed by atoms with van der Waals surface area (Å²) < 4.78 is 1.48. The van der Waals surface area contributed by atoms with E-state index in [4.69, 9.17) is 5.73 Å². The van der Waals surface area contributed by atoms with Crippen molar-refractivity contribution in [1.29, 1.82) is 0 Å². The van der Waals surface area contributed by atoms with Crippen LogP contribution in [-0.2, 0) is 23.1 Å². The molecule has 150 valence electrons. The molecule has 0 saturated heterocycles. The number of rotatable bonds is 8. The molecule has 0 aliphatic carbocycles. The molecule has 2 heterocycles. The fourth-order valence-corrected chi connectivity index (χ4v) is 3.52. The summed E-state index contributed by atoms with van der Waals surface area (Å²) in [5.41, 5.74) is 6.58. The number of amides is 3. The third-order valence-electron chi connectivity index (χ3n) is 3.47. The number of aryl methyl sites for hydroxylation is 1. The van der Waals surface area contributed by atoms with Crippen LogP contribution in [0.4, 0.5) is 10.8 Å². The number of carbonyl (C=O) groups excluding carboxylic acids is 3. The third kappa shape index (κ3) is 5.83. The van der Waals surface area contributed by atoms with Crippen molar-refractivity contribution in [1.82, 2.24) is 25.2 Å². The van der Waals surface area contributed by atoms with Crippen LogP contribution in [-0.4, -0.2) is 48.7 Å². The first kappa shape index (κ1) is 20.4. The number of carbonyl (C=O) groups is 3. The van der Waals surface area contributed by atoms with Crippen molar-refractivity contribution >= 4 is 51.6 Å². The molecule has 0 fully saturated rings. The molecule has 0 saturated carbocycles. The molecule has 3 rings (SSSR count).